The molecule has 0 heterocycles. The number of rotatable bonds is 7. The van der Waals surface area contributed by atoms with Crippen LogP contribution < -0.4 is 4.72 Å². The molecule has 5 nitrogen and oxygen atoms in total. The lowest BCUT2D eigenvalue weighted by Gasteiger charge is -2.18. The molecular weight excluding hydrogens is 320 g/mol. The van der Waals surface area contributed by atoms with Crippen molar-refractivity contribution in [3.05, 3.63) is 34.3 Å². The molecule has 0 aliphatic rings. The molecule has 1 N–H and O–H groups in total. The van der Waals surface area contributed by atoms with Crippen LogP contribution >= 0.6 is 15.9 Å². The summed E-state index contributed by atoms with van der Waals surface area (Å²) in [6.45, 7) is 0.922. The summed E-state index contributed by atoms with van der Waals surface area (Å²) in [6, 6.07) is 7.53. The highest BCUT2D eigenvalue weighted by Crippen LogP contribution is 2.17. The summed E-state index contributed by atoms with van der Waals surface area (Å²) in [5.41, 5.74) is 0.914. The summed E-state index contributed by atoms with van der Waals surface area (Å²) >= 11 is 3.39. The van der Waals surface area contributed by atoms with Gasteiger partial charge >= 0.3 is 0 Å². The van der Waals surface area contributed by atoms with E-state index in [0.29, 0.717) is 13.2 Å². The number of ether oxygens (including phenoxy) is 1. The summed E-state index contributed by atoms with van der Waals surface area (Å²) in [4.78, 5) is 0. The van der Waals surface area contributed by atoms with Crippen LogP contribution in [0.15, 0.2) is 28.7 Å². The first-order valence-electron chi connectivity index (χ1n) is 5.40. The van der Waals surface area contributed by atoms with Gasteiger partial charge in [0, 0.05) is 31.7 Å². The molecule has 102 valence electrons. The van der Waals surface area contributed by atoms with E-state index in [-0.39, 0.29) is 6.54 Å². The van der Waals surface area contributed by atoms with Gasteiger partial charge in [-0.25, -0.2) is 0 Å². The molecule has 1 aromatic rings. The van der Waals surface area contributed by atoms with Gasteiger partial charge in [-0.05, 0) is 11.6 Å². The van der Waals surface area contributed by atoms with Crippen molar-refractivity contribution in [2.75, 3.05) is 27.3 Å². The molecule has 0 radical (unpaired) electrons. The summed E-state index contributed by atoms with van der Waals surface area (Å²) in [5, 5.41) is 0. The molecule has 0 atom stereocenters. The van der Waals surface area contributed by atoms with Gasteiger partial charge < -0.3 is 4.74 Å². The lowest BCUT2D eigenvalue weighted by molar-refractivity contribution is 0.204. The maximum Gasteiger partial charge on any atom is 0.279 e. The number of nitrogens with zero attached hydrogens (tertiary/aromatic N) is 1. The Morgan fingerprint density at radius 1 is 1.39 bits per heavy atom. The van der Waals surface area contributed by atoms with E-state index in [1.807, 2.05) is 24.3 Å². The summed E-state index contributed by atoms with van der Waals surface area (Å²) < 4.78 is 33.1. The summed E-state index contributed by atoms with van der Waals surface area (Å²) in [5.74, 6) is 0. The van der Waals surface area contributed by atoms with Crippen molar-refractivity contribution in [2.45, 2.75) is 6.54 Å². The van der Waals surface area contributed by atoms with Crippen molar-refractivity contribution < 1.29 is 13.2 Å². The van der Waals surface area contributed by atoms with Crippen molar-refractivity contribution in [3.8, 4) is 0 Å². The van der Waals surface area contributed by atoms with E-state index in [1.54, 1.807) is 0 Å². The molecule has 0 saturated heterocycles. The maximum atomic E-state index is 11.9. The monoisotopic (exact) mass is 336 g/mol. The van der Waals surface area contributed by atoms with Crippen LogP contribution in [-0.2, 0) is 21.5 Å². The highest BCUT2D eigenvalue weighted by atomic mass is 79.9. The first-order chi connectivity index (χ1) is 8.47. The molecule has 0 saturated carbocycles. The molecule has 18 heavy (non-hydrogen) atoms. The zero-order valence-corrected chi connectivity index (χ0v) is 12.8. The van der Waals surface area contributed by atoms with Gasteiger partial charge in [0.2, 0.25) is 0 Å². The summed E-state index contributed by atoms with van der Waals surface area (Å²) in [6.07, 6.45) is 0. The predicted octanol–water partition coefficient (Wildman–Crippen LogP) is 1.36. The van der Waals surface area contributed by atoms with Crippen LogP contribution in [0.1, 0.15) is 5.56 Å². The molecule has 0 aliphatic carbocycles. The second-order valence-corrected chi connectivity index (χ2v) is 6.46. The molecule has 7 heteroatoms. The normalized spacial score (nSPS) is 12.0. The van der Waals surface area contributed by atoms with Crippen LogP contribution in [0.25, 0.3) is 0 Å². The van der Waals surface area contributed by atoms with E-state index in [4.69, 9.17) is 4.74 Å². The van der Waals surface area contributed by atoms with Gasteiger partial charge in [0.05, 0.1) is 6.61 Å². The minimum absolute atomic E-state index is 0.263. The number of benzene rings is 1. The third-order valence-electron chi connectivity index (χ3n) is 2.35. The van der Waals surface area contributed by atoms with Gasteiger partial charge in [-0.1, -0.05) is 34.1 Å². The van der Waals surface area contributed by atoms with Crippen LogP contribution in [0.4, 0.5) is 0 Å². The molecule has 0 amide bonds. The number of halogens is 1. The largest absolute Gasteiger partial charge is 0.383 e. The highest BCUT2D eigenvalue weighted by Gasteiger charge is 2.17. The van der Waals surface area contributed by atoms with Gasteiger partial charge in [0.1, 0.15) is 0 Å². The van der Waals surface area contributed by atoms with Crippen molar-refractivity contribution in [1.29, 1.82) is 0 Å². The third kappa shape index (κ3) is 4.66. The Bertz CT molecular complexity index is 479. The van der Waals surface area contributed by atoms with Crippen molar-refractivity contribution in [3.63, 3.8) is 0 Å². The van der Waals surface area contributed by atoms with E-state index in [2.05, 4.69) is 20.7 Å². The molecular formula is C11H17BrN2O3S. The maximum absolute atomic E-state index is 11.9. The predicted molar refractivity (Wildman–Crippen MR) is 74.4 cm³/mol. The molecule has 0 bridgehead atoms. The molecule has 0 spiro atoms. The summed E-state index contributed by atoms with van der Waals surface area (Å²) in [7, 11) is -0.402. The Morgan fingerprint density at radius 2 is 2.06 bits per heavy atom. The van der Waals surface area contributed by atoms with Gasteiger partial charge in [-0.3, -0.25) is 0 Å². The van der Waals surface area contributed by atoms with Gasteiger partial charge in [0.15, 0.2) is 0 Å². The first kappa shape index (κ1) is 15.6. The van der Waals surface area contributed by atoms with Gasteiger partial charge in [-0.15, -0.1) is 0 Å². The molecule has 0 fully saturated rings. The molecule has 0 aliphatic heterocycles. The fourth-order valence-corrected chi connectivity index (χ4v) is 2.62. The van der Waals surface area contributed by atoms with Crippen LogP contribution in [0.2, 0.25) is 0 Å². The van der Waals surface area contributed by atoms with E-state index < -0.39 is 10.2 Å². The van der Waals surface area contributed by atoms with E-state index >= 15 is 0 Å². The van der Waals surface area contributed by atoms with Crippen LogP contribution in [0, 0.1) is 0 Å². The van der Waals surface area contributed by atoms with Gasteiger partial charge in [0.25, 0.3) is 10.2 Å². The molecule has 1 aromatic carbocycles. The standard InChI is InChI=1S/C11H17BrN2O3S/c1-14(18(15,16)13-7-8-17-2)9-10-5-3-4-6-11(10)12/h3-6,13H,7-9H2,1-2H3. The second-order valence-electron chi connectivity index (χ2n) is 3.74. The highest BCUT2D eigenvalue weighted by molar-refractivity contribution is 9.10. The molecule has 1 rings (SSSR count). The first-order valence-corrected chi connectivity index (χ1v) is 7.64. The van der Waals surface area contributed by atoms with E-state index in [0.717, 1.165) is 10.0 Å². The number of hydrogen-bond acceptors (Lipinski definition) is 3. The van der Waals surface area contributed by atoms with Crippen LogP contribution in [0.5, 0.6) is 0 Å². The fourth-order valence-electron chi connectivity index (χ4n) is 1.33. The number of methoxy groups -OCH3 is 1. The average Bonchev–Trinajstić information content (AvgIpc) is 2.32. The topological polar surface area (TPSA) is 58.6 Å². The van der Waals surface area contributed by atoms with Crippen molar-refractivity contribution in [1.82, 2.24) is 9.03 Å². The van der Waals surface area contributed by atoms with Crippen LogP contribution in [0.3, 0.4) is 0 Å². The fraction of sp³-hybridized carbons (Fsp3) is 0.455. The SMILES string of the molecule is COCCNS(=O)(=O)N(C)Cc1ccccc1Br. The Labute approximate surface area is 116 Å². The lowest BCUT2D eigenvalue weighted by atomic mass is 10.2. The Hall–Kier alpha value is -0.470. The van der Waals surface area contributed by atoms with Crippen molar-refractivity contribution >= 4 is 26.1 Å². The third-order valence-corrected chi connectivity index (χ3v) is 4.64. The van der Waals surface area contributed by atoms with E-state index in [1.165, 1.54) is 18.5 Å². The zero-order valence-electron chi connectivity index (χ0n) is 10.4. The number of nitrogens with one attached hydrogen (secondary N) is 1. The van der Waals surface area contributed by atoms with Gasteiger partial charge in [-0.2, -0.15) is 17.4 Å². The van der Waals surface area contributed by atoms with Crippen LogP contribution in [-0.4, -0.2) is 40.0 Å². The molecule has 0 aromatic heterocycles. The van der Waals surface area contributed by atoms with E-state index in [9.17, 15) is 8.42 Å². The smallest absolute Gasteiger partial charge is 0.279 e. The lowest BCUT2D eigenvalue weighted by Crippen LogP contribution is -2.39. The number of hydrogen-bond donors (Lipinski definition) is 1. The average molecular weight is 337 g/mol. The minimum atomic E-state index is -3.46. The quantitative estimate of drug-likeness (QED) is 0.765. The Morgan fingerprint density at radius 3 is 2.67 bits per heavy atom. The zero-order chi connectivity index (χ0) is 13.6. The van der Waals surface area contributed by atoms with Crippen molar-refractivity contribution in [2.24, 2.45) is 0 Å². The molecule has 0 unspecified atom stereocenters. The minimum Gasteiger partial charge on any atom is -0.383 e. The Balaban J connectivity index is 2.64. The Kier molecular flexibility index (Phi) is 6.24. The second kappa shape index (κ2) is 7.20.